The first-order chi connectivity index (χ1) is 20.2. The number of hydrogen-bond donors (Lipinski definition) is 2. The van der Waals surface area contributed by atoms with Gasteiger partial charge in [0.1, 0.15) is 11.8 Å². The lowest BCUT2D eigenvalue weighted by atomic mass is 9.99. The summed E-state index contributed by atoms with van der Waals surface area (Å²) >= 11 is 0.879. The van der Waals surface area contributed by atoms with Crippen molar-refractivity contribution in [3.63, 3.8) is 0 Å². The zero-order chi connectivity index (χ0) is 29.5. The molecular formula is C29H34F2N8O2S. The molecule has 222 valence electrons. The Balaban J connectivity index is 1.25. The molecule has 1 fully saturated rings. The molecule has 0 aliphatic carbocycles. The number of carbonyl (C=O) groups is 2. The van der Waals surface area contributed by atoms with Gasteiger partial charge in [-0.3, -0.25) is 9.59 Å². The van der Waals surface area contributed by atoms with Crippen LogP contribution in [0.1, 0.15) is 58.4 Å². The summed E-state index contributed by atoms with van der Waals surface area (Å²) in [5.74, 6) is 0.0284. The minimum Gasteiger partial charge on any atom is -0.382 e. The average molecular weight is 597 g/mol. The minimum absolute atomic E-state index is 0.00720. The number of thiophene rings is 1. The number of nitrogens with one attached hydrogen (secondary N) is 1. The number of alkyl halides is 2. The van der Waals surface area contributed by atoms with Crippen molar-refractivity contribution in [2.75, 3.05) is 56.9 Å². The summed E-state index contributed by atoms with van der Waals surface area (Å²) < 4.78 is 29.1. The number of carbonyl (C=O) groups excluding carboxylic acids is 2. The Morgan fingerprint density at radius 2 is 1.98 bits per heavy atom. The molecule has 13 heteroatoms. The number of aromatic nitrogens is 3. The van der Waals surface area contributed by atoms with E-state index >= 15 is 0 Å². The average Bonchev–Trinajstić information content (AvgIpc) is 3.71. The van der Waals surface area contributed by atoms with Crippen molar-refractivity contribution in [3.8, 4) is 0 Å². The maximum absolute atomic E-state index is 13.7. The Labute approximate surface area is 246 Å². The lowest BCUT2D eigenvalue weighted by Crippen LogP contribution is -2.47. The number of likely N-dealkylation sites (N-methyl/N-ethyl adjacent to an activating group) is 1. The maximum Gasteiger partial charge on any atom is 0.272 e. The van der Waals surface area contributed by atoms with Gasteiger partial charge in [0.25, 0.3) is 12.3 Å². The molecule has 0 unspecified atom stereocenters. The Morgan fingerprint density at radius 3 is 2.69 bits per heavy atom. The molecule has 1 saturated heterocycles. The quantitative estimate of drug-likeness (QED) is 0.447. The summed E-state index contributed by atoms with van der Waals surface area (Å²) in [6.07, 6.45) is 5.13. The van der Waals surface area contributed by atoms with Gasteiger partial charge >= 0.3 is 0 Å². The van der Waals surface area contributed by atoms with Crippen molar-refractivity contribution in [1.29, 1.82) is 0 Å². The molecule has 3 N–H and O–H groups in total. The van der Waals surface area contributed by atoms with Crippen LogP contribution < -0.4 is 16.0 Å². The second kappa shape index (κ2) is 11.4. The van der Waals surface area contributed by atoms with Crippen molar-refractivity contribution >= 4 is 51.3 Å². The highest BCUT2D eigenvalue weighted by atomic mass is 32.1. The third-order valence-electron chi connectivity index (χ3n) is 8.28. The summed E-state index contributed by atoms with van der Waals surface area (Å²) in [6.45, 7) is 5.38. The molecule has 3 aromatic rings. The van der Waals surface area contributed by atoms with Crippen molar-refractivity contribution in [1.82, 2.24) is 29.7 Å². The number of anilines is 2. The van der Waals surface area contributed by atoms with Crippen LogP contribution in [-0.2, 0) is 4.79 Å². The first-order valence-corrected chi connectivity index (χ1v) is 14.9. The molecule has 10 nitrogen and oxygen atoms in total. The fourth-order valence-corrected chi connectivity index (χ4v) is 6.96. The van der Waals surface area contributed by atoms with Gasteiger partial charge in [0.15, 0.2) is 5.82 Å². The molecule has 3 aliphatic heterocycles. The number of hydrogen-bond acceptors (Lipinski definition) is 8. The van der Waals surface area contributed by atoms with E-state index in [0.717, 1.165) is 66.3 Å². The number of rotatable bonds is 6. The molecule has 0 bridgehead atoms. The molecule has 42 heavy (non-hydrogen) atoms. The van der Waals surface area contributed by atoms with Gasteiger partial charge in [-0.05, 0) is 49.6 Å². The summed E-state index contributed by atoms with van der Waals surface area (Å²) in [5.41, 5.74) is 11.3. The van der Waals surface area contributed by atoms with E-state index < -0.39 is 6.43 Å². The number of nitrogens with zero attached hydrogens (tertiary/aromatic N) is 6. The summed E-state index contributed by atoms with van der Waals surface area (Å²) in [5, 5.41) is 7.61. The molecule has 6 heterocycles. The molecule has 0 aromatic carbocycles. The number of amides is 2. The van der Waals surface area contributed by atoms with Crippen molar-refractivity contribution in [3.05, 3.63) is 51.6 Å². The molecule has 0 saturated carbocycles. The molecule has 1 atom stereocenters. The van der Waals surface area contributed by atoms with Crippen LogP contribution in [-0.4, -0.2) is 88.6 Å². The maximum atomic E-state index is 13.7. The molecule has 6 rings (SSSR count). The first-order valence-electron chi connectivity index (χ1n) is 14.1. The van der Waals surface area contributed by atoms with Gasteiger partial charge in [0, 0.05) is 57.8 Å². The van der Waals surface area contributed by atoms with Gasteiger partial charge < -0.3 is 25.8 Å². The van der Waals surface area contributed by atoms with Crippen LogP contribution >= 0.6 is 11.3 Å². The van der Waals surface area contributed by atoms with Crippen LogP contribution in [0.5, 0.6) is 0 Å². The predicted molar refractivity (Wildman–Crippen MR) is 160 cm³/mol. The normalized spacial score (nSPS) is 19.9. The highest BCUT2D eigenvalue weighted by molar-refractivity contribution is 7.14. The second-order valence-corrected chi connectivity index (χ2v) is 12.2. The smallest absolute Gasteiger partial charge is 0.272 e. The van der Waals surface area contributed by atoms with Crippen LogP contribution in [0.3, 0.4) is 0 Å². The molecule has 3 aliphatic rings. The van der Waals surface area contributed by atoms with Crippen molar-refractivity contribution in [2.45, 2.75) is 38.7 Å². The lowest BCUT2D eigenvalue weighted by molar-refractivity contribution is -0.127. The zero-order valence-electron chi connectivity index (χ0n) is 23.6. The van der Waals surface area contributed by atoms with E-state index in [-0.39, 0.29) is 22.7 Å². The molecule has 0 spiro atoms. The van der Waals surface area contributed by atoms with Crippen LogP contribution in [0.25, 0.3) is 16.7 Å². The van der Waals surface area contributed by atoms with E-state index in [0.29, 0.717) is 47.8 Å². The minimum atomic E-state index is -2.63. The molecular weight excluding hydrogens is 562 g/mol. The van der Waals surface area contributed by atoms with E-state index in [4.69, 9.17) is 5.73 Å². The highest BCUT2D eigenvalue weighted by Gasteiger charge is 2.30. The fourth-order valence-electron chi connectivity index (χ4n) is 6.00. The Hall–Kier alpha value is -3.84. The second-order valence-electron chi connectivity index (χ2n) is 11.1. The SMILES string of the molecule is CC(=O)N1CC=C(c2cc(N3CCC[C@@H](NC(=O)c4sc(C(F)F)cc4C4=CCN(C)CC4)C3)c3c(N)ncnn23)C1. The van der Waals surface area contributed by atoms with Gasteiger partial charge in [0.2, 0.25) is 5.91 Å². The van der Waals surface area contributed by atoms with E-state index in [9.17, 15) is 18.4 Å². The summed E-state index contributed by atoms with van der Waals surface area (Å²) in [6, 6.07) is 3.32. The van der Waals surface area contributed by atoms with Gasteiger partial charge in [0.05, 0.1) is 21.1 Å². The Bertz CT molecular complexity index is 1600. The summed E-state index contributed by atoms with van der Waals surface area (Å²) in [4.78, 5) is 36.1. The Kier molecular flexibility index (Phi) is 7.71. The predicted octanol–water partition coefficient (Wildman–Crippen LogP) is 3.67. The molecule has 2 amide bonds. The third kappa shape index (κ3) is 5.38. The van der Waals surface area contributed by atoms with Crippen LogP contribution in [0.4, 0.5) is 20.3 Å². The number of fused-ring (bicyclic) bond motifs is 1. The van der Waals surface area contributed by atoms with Gasteiger partial charge in [-0.2, -0.15) is 5.10 Å². The van der Waals surface area contributed by atoms with E-state index in [1.807, 2.05) is 25.3 Å². The van der Waals surface area contributed by atoms with Crippen molar-refractivity contribution < 1.29 is 18.4 Å². The summed E-state index contributed by atoms with van der Waals surface area (Å²) in [7, 11) is 2.01. The first kappa shape index (κ1) is 28.3. The van der Waals surface area contributed by atoms with E-state index in [2.05, 4.69) is 25.2 Å². The zero-order valence-corrected chi connectivity index (χ0v) is 24.5. The van der Waals surface area contributed by atoms with Crippen LogP contribution in [0.15, 0.2) is 30.6 Å². The third-order valence-corrected chi connectivity index (χ3v) is 9.43. The number of nitrogens with two attached hydrogens (primary N) is 1. The highest BCUT2D eigenvalue weighted by Crippen LogP contribution is 2.37. The standard InChI is InChI=1S/C29H34F2N8O2S/c1-17(40)37-11-7-19(14-37)22-13-23(25-28(32)33-16-34-39(22)25)38-8-3-4-20(15-38)35-29(41)26-21(12-24(42-26)27(30)31)18-5-9-36(2)10-6-18/h5,7,12-13,16,20,27H,3-4,6,8-11,14-15H2,1-2H3,(H,35,41)(H2,32,33,34)/t20-/m1/s1. The largest absolute Gasteiger partial charge is 0.382 e. The topological polar surface area (TPSA) is 112 Å². The lowest BCUT2D eigenvalue weighted by Gasteiger charge is -2.34. The van der Waals surface area contributed by atoms with Gasteiger partial charge in [-0.1, -0.05) is 12.2 Å². The van der Waals surface area contributed by atoms with Gasteiger partial charge in [-0.25, -0.2) is 18.3 Å². The van der Waals surface area contributed by atoms with E-state index in [1.54, 1.807) is 16.3 Å². The fraction of sp³-hybridized carbons (Fsp3) is 0.448. The van der Waals surface area contributed by atoms with E-state index in [1.165, 1.54) is 12.4 Å². The van der Waals surface area contributed by atoms with Crippen molar-refractivity contribution in [2.24, 2.45) is 0 Å². The monoisotopic (exact) mass is 596 g/mol. The number of piperidine rings is 1. The Morgan fingerprint density at radius 1 is 1.17 bits per heavy atom. The number of halogens is 2. The van der Waals surface area contributed by atoms with Crippen LogP contribution in [0, 0.1) is 0 Å². The number of nitrogen functional groups attached to an aromatic ring is 1. The molecule has 0 radical (unpaired) electrons. The molecule has 3 aromatic heterocycles. The van der Waals surface area contributed by atoms with Gasteiger partial charge in [-0.15, -0.1) is 11.3 Å². The van der Waals surface area contributed by atoms with Crippen LogP contribution in [0.2, 0.25) is 0 Å².